The van der Waals surface area contributed by atoms with Gasteiger partial charge in [-0.05, 0) is 12.1 Å². The van der Waals surface area contributed by atoms with Gasteiger partial charge in [0.25, 0.3) is 0 Å². The summed E-state index contributed by atoms with van der Waals surface area (Å²) in [6, 6.07) is 12.1. The van der Waals surface area contributed by atoms with Gasteiger partial charge in [-0.15, -0.1) is 11.3 Å². The second-order valence-corrected chi connectivity index (χ2v) is 6.32. The van der Waals surface area contributed by atoms with Crippen LogP contribution in [0.4, 0.5) is 10.8 Å². The molecule has 5 nitrogen and oxygen atoms in total. The van der Waals surface area contributed by atoms with E-state index in [-0.39, 0.29) is 0 Å². The number of thiazole rings is 1. The lowest BCUT2D eigenvalue weighted by Gasteiger charge is -2.36. The van der Waals surface area contributed by atoms with Crippen molar-refractivity contribution in [1.82, 2.24) is 9.97 Å². The Balaban J connectivity index is 1.64. The van der Waals surface area contributed by atoms with Gasteiger partial charge in [0.15, 0.2) is 5.13 Å². The number of para-hydroxylation sites is 1. The van der Waals surface area contributed by atoms with Gasteiger partial charge in [0.1, 0.15) is 11.8 Å². The molecule has 0 atom stereocenters. The van der Waals surface area contributed by atoms with Gasteiger partial charge in [-0.2, -0.15) is 5.26 Å². The monoisotopic (exact) mass is 321 g/mol. The molecule has 0 saturated carbocycles. The highest BCUT2D eigenvalue weighted by Gasteiger charge is 2.21. The number of anilines is 2. The number of fused-ring (bicyclic) bond motifs is 1. The van der Waals surface area contributed by atoms with E-state index in [1.165, 1.54) is 0 Å². The molecule has 23 heavy (non-hydrogen) atoms. The summed E-state index contributed by atoms with van der Waals surface area (Å²) in [7, 11) is 0. The molecule has 114 valence electrons. The van der Waals surface area contributed by atoms with Crippen LogP contribution in [0, 0.1) is 11.3 Å². The minimum absolute atomic E-state index is 0.473. The molecule has 1 aliphatic rings. The van der Waals surface area contributed by atoms with Crippen LogP contribution in [-0.4, -0.2) is 36.1 Å². The number of piperazine rings is 1. The van der Waals surface area contributed by atoms with Gasteiger partial charge in [0.05, 0.1) is 5.52 Å². The largest absolute Gasteiger partial charge is 0.367 e. The van der Waals surface area contributed by atoms with Gasteiger partial charge in [-0.25, -0.2) is 9.97 Å². The molecule has 0 radical (unpaired) electrons. The second-order valence-electron chi connectivity index (χ2n) is 5.44. The Kier molecular flexibility index (Phi) is 3.56. The standard InChI is InChI=1S/C17H15N5S/c18-12-13-11-16(14-3-1-2-4-15(14)20-13)21-6-8-22(9-7-21)17-19-5-10-23-17/h1-5,10-11H,6-9H2. The normalized spacial score (nSPS) is 14.9. The summed E-state index contributed by atoms with van der Waals surface area (Å²) in [6.45, 7) is 3.70. The van der Waals surface area contributed by atoms with E-state index in [1.54, 1.807) is 11.3 Å². The van der Waals surface area contributed by atoms with Crippen LogP contribution in [0.15, 0.2) is 41.9 Å². The summed E-state index contributed by atoms with van der Waals surface area (Å²) >= 11 is 1.68. The first-order valence-corrected chi connectivity index (χ1v) is 8.42. The fourth-order valence-corrected chi connectivity index (χ4v) is 3.68. The molecule has 0 spiro atoms. The lowest BCUT2D eigenvalue weighted by atomic mass is 10.1. The van der Waals surface area contributed by atoms with E-state index in [2.05, 4.69) is 31.9 Å². The minimum Gasteiger partial charge on any atom is -0.367 e. The fraction of sp³-hybridized carbons (Fsp3) is 0.235. The molecular formula is C17H15N5S. The van der Waals surface area contributed by atoms with Gasteiger partial charge >= 0.3 is 0 Å². The first-order valence-electron chi connectivity index (χ1n) is 7.54. The van der Waals surface area contributed by atoms with Crippen LogP contribution in [0.1, 0.15) is 5.69 Å². The van der Waals surface area contributed by atoms with Crippen LogP contribution >= 0.6 is 11.3 Å². The van der Waals surface area contributed by atoms with Crippen molar-refractivity contribution in [3.05, 3.63) is 47.6 Å². The Hall–Kier alpha value is -2.65. The highest BCUT2D eigenvalue weighted by atomic mass is 32.1. The Labute approximate surface area is 138 Å². The number of aromatic nitrogens is 2. The molecule has 0 bridgehead atoms. The maximum Gasteiger partial charge on any atom is 0.185 e. The van der Waals surface area contributed by atoms with E-state index >= 15 is 0 Å². The zero-order valence-corrected chi connectivity index (χ0v) is 13.3. The van der Waals surface area contributed by atoms with E-state index in [9.17, 15) is 5.26 Å². The molecule has 0 unspecified atom stereocenters. The average Bonchev–Trinajstić information content (AvgIpc) is 3.15. The highest BCUT2D eigenvalue weighted by Crippen LogP contribution is 2.28. The topological polar surface area (TPSA) is 56.1 Å². The lowest BCUT2D eigenvalue weighted by Crippen LogP contribution is -2.46. The Morgan fingerprint density at radius 1 is 1.09 bits per heavy atom. The van der Waals surface area contributed by atoms with E-state index in [1.807, 2.05) is 35.8 Å². The lowest BCUT2D eigenvalue weighted by molar-refractivity contribution is 0.653. The molecule has 1 saturated heterocycles. The second kappa shape index (κ2) is 5.86. The van der Waals surface area contributed by atoms with E-state index in [4.69, 9.17) is 0 Å². The van der Waals surface area contributed by atoms with Crippen molar-refractivity contribution in [2.75, 3.05) is 36.0 Å². The summed E-state index contributed by atoms with van der Waals surface area (Å²) in [6.07, 6.45) is 1.85. The zero-order chi connectivity index (χ0) is 15.6. The molecule has 0 N–H and O–H groups in total. The van der Waals surface area contributed by atoms with Crippen LogP contribution in [0.3, 0.4) is 0 Å². The molecule has 3 aromatic rings. The molecule has 1 fully saturated rings. The molecule has 1 aromatic carbocycles. The smallest absolute Gasteiger partial charge is 0.185 e. The van der Waals surface area contributed by atoms with E-state index in [0.29, 0.717) is 5.69 Å². The number of benzene rings is 1. The van der Waals surface area contributed by atoms with Crippen molar-refractivity contribution in [2.24, 2.45) is 0 Å². The van der Waals surface area contributed by atoms with Crippen LogP contribution < -0.4 is 9.80 Å². The van der Waals surface area contributed by atoms with E-state index in [0.717, 1.165) is 47.9 Å². The Morgan fingerprint density at radius 3 is 2.61 bits per heavy atom. The minimum atomic E-state index is 0.473. The van der Waals surface area contributed by atoms with Crippen LogP contribution in [0.5, 0.6) is 0 Å². The van der Waals surface area contributed by atoms with Crippen LogP contribution in [0.2, 0.25) is 0 Å². The van der Waals surface area contributed by atoms with Crippen LogP contribution in [-0.2, 0) is 0 Å². The van der Waals surface area contributed by atoms with Crippen LogP contribution in [0.25, 0.3) is 10.9 Å². The number of nitrogens with zero attached hydrogens (tertiary/aromatic N) is 5. The van der Waals surface area contributed by atoms with Crippen molar-refractivity contribution in [3.63, 3.8) is 0 Å². The van der Waals surface area contributed by atoms with Gasteiger partial charge in [-0.1, -0.05) is 18.2 Å². The number of nitriles is 1. The van der Waals surface area contributed by atoms with Gasteiger partial charge in [-0.3, -0.25) is 0 Å². The molecule has 0 amide bonds. The molecular weight excluding hydrogens is 306 g/mol. The summed E-state index contributed by atoms with van der Waals surface area (Å²) in [4.78, 5) is 13.4. The zero-order valence-electron chi connectivity index (χ0n) is 12.5. The van der Waals surface area contributed by atoms with Crippen molar-refractivity contribution in [3.8, 4) is 6.07 Å². The fourth-order valence-electron chi connectivity index (χ4n) is 2.99. The highest BCUT2D eigenvalue weighted by molar-refractivity contribution is 7.13. The van der Waals surface area contributed by atoms with Crippen molar-refractivity contribution < 1.29 is 0 Å². The van der Waals surface area contributed by atoms with Gasteiger partial charge < -0.3 is 9.80 Å². The molecule has 6 heteroatoms. The third-order valence-electron chi connectivity index (χ3n) is 4.12. The van der Waals surface area contributed by atoms with Crippen molar-refractivity contribution in [2.45, 2.75) is 0 Å². The Bertz CT molecular complexity index is 860. The third-order valence-corrected chi connectivity index (χ3v) is 4.95. The van der Waals surface area contributed by atoms with Crippen molar-refractivity contribution in [1.29, 1.82) is 5.26 Å². The number of hydrogen-bond donors (Lipinski definition) is 0. The Morgan fingerprint density at radius 2 is 1.87 bits per heavy atom. The number of pyridine rings is 1. The summed E-state index contributed by atoms with van der Waals surface area (Å²) in [5.74, 6) is 0. The third kappa shape index (κ3) is 2.60. The molecule has 2 aromatic heterocycles. The average molecular weight is 321 g/mol. The first-order chi connectivity index (χ1) is 11.3. The SMILES string of the molecule is N#Cc1cc(N2CCN(c3nccs3)CC2)c2ccccc2n1. The quantitative estimate of drug-likeness (QED) is 0.726. The summed E-state index contributed by atoms with van der Waals surface area (Å²) in [5, 5.41) is 13.4. The first kappa shape index (κ1) is 14.0. The number of rotatable bonds is 2. The van der Waals surface area contributed by atoms with Crippen molar-refractivity contribution >= 4 is 33.1 Å². The molecule has 0 aliphatic carbocycles. The maximum absolute atomic E-state index is 9.24. The summed E-state index contributed by atoms with van der Waals surface area (Å²) in [5.41, 5.74) is 2.45. The molecule has 4 rings (SSSR count). The van der Waals surface area contributed by atoms with Gasteiger partial charge in [0.2, 0.25) is 0 Å². The van der Waals surface area contributed by atoms with E-state index < -0.39 is 0 Å². The predicted octanol–water partition coefficient (Wildman–Crippen LogP) is 2.89. The molecule has 1 aliphatic heterocycles. The molecule has 3 heterocycles. The number of hydrogen-bond acceptors (Lipinski definition) is 6. The predicted molar refractivity (Wildman–Crippen MR) is 93.0 cm³/mol. The van der Waals surface area contributed by atoms with Gasteiger partial charge in [0, 0.05) is 48.8 Å². The summed E-state index contributed by atoms with van der Waals surface area (Å²) < 4.78 is 0. The maximum atomic E-state index is 9.24.